The summed E-state index contributed by atoms with van der Waals surface area (Å²) in [5.74, 6) is -1.77. The van der Waals surface area contributed by atoms with Gasteiger partial charge in [0.05, 0.1) is 17.9 Å². The first-order chi connectivity index (χ1) is 17.9. The van der Waals surface area contributed by atoms with Gasteiger partial charge in [0.25, 0.3) is 0 Å². The molecule has 0 aromatic carbocycles. The Balaban J connectivity index is 1.76. The fourth-order valence-corrected chi connectivity index (χ4v) is 7.37. The van der Waals surface area contributed by atoms with Gasteiger partial charge in [0.1, 0.15) is 31.0 Å². The minimum Gasteiger partial charge on any atom is -0.465 e. The summed E-state index contributed by atoms with van der Waals surface area (Å²) in [6.45, 7) is 11.6. The molecule has 3 fully saturated rings. The monoisotopic (exact) mass is 534 g/mol. The van der Waals surface area contributed by atoms with Crippen LogP contribution in [0.5, 0.6) is 0 Å². The zero-order chi connectivity index (χ0) is 27.9. The van der Waals surface area contributed by atoms with Crippen molar-refractivity contribution < 1.29 is 42.9 Å². The maximum Gasteiger partial charge on any atom is 0.331 e. The molecule has 38 heavy (non-hydrogen) atoms. The van der Waals surface area contributed by atoms with Gasteiger partial charge in [-0.15, -0.1) is 0 Å². The zero-order valence-corrected chi connectivity index (χ0v) is 23.5. The van der Waals surface area contributed by atoms with E-state index in [0.29, 0.717) is 31.4 Å². The van der Waals surface area contributed by atoms with Gasteiger partial charge in [-0.25, -0.2) is 4.79 Å². The van der Waals surface area contributed by atoms with Crippen molar-refractivity contribution in [3.05, 3.63) is 11.6 Å². The van der Waals surface area contributed by atoms with E-state index < -0.39 is 40.6 Å². The van der Waals surface area contributed by atoms with E-state index in [0.717, 1.165) is 19.3 Å². The molecule has 1 spiro atoms. The molecule has 4 aliphatic rings. The van der Waals surface area contributed by atoms with Crippen LogP contribution in [0, 0.1) is 28.6 Å². The average Bonchev–Trinajstić information content (AvgIpc) is 3.50. The second-order valence-electron chi connectivity index (χ2n) is 12.1. The van der Waals surface area contributed by atoms with Crippen molar-refractivity contribution in [2.24, 2.45) is 28.6 Å². The van der Waals surface area contributed by atoms with Crippen LogP contribution in [0.2, 0.25) is 0 Å². The minimum absolute atomic E-state index is 0.0536. The van der Waals surface area contributed by atoms with Crippen molar-refractivity contribution in [2.75, 3.05) is 19.8 Å². The van der Waals surface area contributed by atoms with Gasteiger partial charge in [-0.3, -0.25) is 14.4 Å². The quantitative estimate of drug-likeness (QED) is 0.246. The van der Waals surface area contributed by atoms with E-state index in [9.17, 15) is 19.2 Å². The number of carbonyl (C=O) groups excluding carboxylic acids is 4. The number of epoxide rings is 1. The predicted molar refractivity (Wildman–Crippen MR) is 136 cm³/mol. The zero-order valence-electron chi connectivity index (χ0n) is 23.5. The van der Waals surface area contributed by atoms with Crippen molar-refractivity contribution in [2.45, 2.75) is 97.9 Å². The van der Waals surface area contributed by atoms with Crippen molar-refractivity contribution in [3.63, 3.8) is 0 Å². The molecule has 4 rings (SSSR count). The molecule has 212 valence electrons. The number of hydrogen-bond acceptors (Lipinski definition) is 9. The second kappa shape index (κ2) is 10.6. The standard InChI is InChI=1S/C29H42O9/c1-7-17(2)26(33)38-22(21-12-25(32)34-14-21)13-27(6)18(3)11-24(37-20(5)31)29(16-35-19(4)30)23(27)9-8-10-28(29)15-36-28/h12,17-18,22-24H,7-11,13-16H2,1-6H3/t17-,18+,22-,23+,24-,27-,28?,29-/m0/s1. The van der Waals surface area contributed by atoms with Crippen LogP contribution in [-0.4, -0.2) is 61.5 Å². The molecule has 2 aliphatic heterocycles. The topological polar surface area (TPSA) is 118 Å². The molecule has 8 atom stereocenters. The summed E-state index contributed by atoms with van der Waals surface area (Å²) in [4.78, 5) is 49.3. The molecule has 2 saturated carbocycles. The Bertz CT molecular complexity index is 998. The summed E-state index contributed by atoms with van der Waals surface area (Å²) in [6.07, 6.45) is 4.53. The van der Waals surface area contributed by atoms with Crippen LogP contribution < -0.4 is 0 Å². The largest absolute Gasteiger partial charge is 0.465 e. The number of fused-ring (bicyclic) bond motifs is 2. The lowest BCUT2D eigenvalue weighted by Crippen LogP contribution is -2.67. The van der Waals surface area contributed by atoms with E-state index in [1.54, 1.807) is 0 Å². The van der Waals surface area contributed by atoms with Crippen molar-refractivity contribution in [3.8, 4) is 0 Å². The van der Waals surface area contributed by atoms with Crippen molar-refractivity contribution >= 4 is 23.9 Å². The number of cyclic esters (lactones) is 1. The molecule has 0 aromatic rings. The molecular formula is C29H42O9. The molecule has 9 nitrogen and oxygen atoms in total. The van der Waals surface area contributed by atoms with Gasteiger partial charge < -0.3 is 23.7 Å². The highest BCUT2D eigenvalue weighted by Gasteiger charge is 2.75. The Kier molecular flexibility index (Phi) is 7.99. The Morgan fingerprint density at radius 3 is 2.47 bits per heavy atom. The van der Waals surface area contributed by atoms with Crippen molar-refractivity contribution in [1.82, 2.24) is 0 Å². The van der Waals surface area contributed by atoms with Crippen LogP contribution in [0.3, 0.4) is 0 Å². The lowest BCUT2D eigenvalue weighted by atomic mass is 9.42. The van der Waals surface area contributed by atoms with Crippen LogP contribution in [0.1, 0.15) is 80.1 Å². The van der Waals surface area contributed by atoms with Crippen LogP contribution in [0.25, 0.3) is 0 Å². The fourth-order valence-electron chi connectivity index (χ4n) is 7.37. The van der Waals surface area contributed by atoms with Gasteiger partial charge in [0.2, 0.25) is 0 Å². The third-order valence-corrected chi connectivity index (χ3v) is 9.92. The van der Waals surface area contributed by atoms with E-state index in [1.807, 2.05) is 13.8 Å². The molecule has 2 aliphatic carbocycles. The normalized spacial score (nSPS) is 37.4. The summed E-state index contributed by atoms with van der Waals surface area (Å²) in [7, 11) is 0. The third-order valence-electron chi connectivity index (χ3n) is 9.92. The summed E-state index contributed by atoms with van der Waals surface area (Å²) >= 11 is 0. The van der Waals surface area contributed by atoms with Gasteiger partial charge in [-0.2, -0.15) is 0 Å². The first kappa shape index (κ1) is 28.6. The van der Waals surface area contributed by atoms with E-state index in [2.05, 4.69) is 13.8 Å². The molecule has 1 unspecified atom stereocenters. The third kappa shape index (κ3) is 4.98. The molecular weight excluding hydrogens is 492 g/mol. The first-order valence-electron chi connectivity index (χ1n) is 13.9. The number of ether oxygens (including phenoxy) is 5. The SMILES string of the molecule is CC[C@H](C)C(=O)O[C@@H](C[C@@]1(C)[C@H](C)C[C@H](OC(C)=O)[C@]2(COC(C)=O)[C@@H]1CCCC21CO1)C1=CC(=O)OC1. The Morgan fingerprint density at radius 2 is 1.92 bits per heavy atom. The highest BCUT2D eigenvalue weighted by molar-refractivity contribution is 5.85. The Labute approximate surface area is 224 Å². The smallest absolute Gasteiger partial charge is 0.331 e. The molecule has 0 aromatic heterocycles. The Hall–Kier alpha value is -2.42. The van der Waals surface area contributed by atoms with Crippen LogP contribution >= 0.6 is 0 Å². The maximum absolute atomic E-state index is 12.9. The molecule has 0 bridgehead atoms. The maximum atomic E-state index is 12.9. The molecule has 1 saturated heterocycles. The van der Waals surface area contributed by atoms with Gasteiger partial charge in [-0.1, -0.05) is 34.1 Å². The number of carbonyl (C=O) groups is 4. The van der Waals surface area contributed by atoms with Gasteiger partial charge >= 0.3 is 23.9 Å². The summed E-state index contributed by atoms with van der Waals surface area (Å²) < 4.78 is 29.2. The lowest BCUT2D eigenvalue weighted by molar-refractivity contribution is -0.232. The molecule has 2 heterocycles. The highest BCUT2D eigenvalue weighted by atomic mass is 16.6. The minimum atomic E-state index is -0.731. The Morgan fingerprint density at radius 1 is 1.21 bits per heavy atom. The molecule has 9 heteroatoms. The second-order valence-corrected chi connectivity index (χ2v) is 12.1. The number of esters is 4. The average molecular weight is 535 g/mol. The highest BCUT2D eigenvalue weighted by Crippen LogP contribution is 2.69. The van der Waals surface area contributed by atoms with Gasteiger partial charge in [0, 0.05) is 25.5 Å². The van der Waals surface area contributed by atoms with E-state index in [1.165, 1.54) is 19.9 Å². The summed E-state index contributed by atoms with van der Waals surface area (Å²) in [5.41, 5.74) is -1.03. The van der Waals surface area contributed by atoms with Gasteiger partial charge in [0.15, 0.2) is 0 Å². The van der Waals surface area contributed by atoms with Crippen molar-refractivity contribution in [1.29, 1.82) is 0 Å². The van der Waals surface area contributed by atoms with E-state index in [4.69, 9.17) is 23.7 Å². The van der Waals surface area contributed by atoms with Crippen LogP contribution in [0.15, 0.2) is 11.6 Å². The molecule has 0 amide bonds. The summed E-state index contributed by atoms with van der Waals surface area (Å²) in [6, 6.07) is 0. The van der Waals surface area contributed by atoms with Crippen LogP contribution in [-0.2, 0) is 42.9 Å². The first-order valence-corrected chi connectivity index (χ1v) is 13.9. The van der Waals surface area contributed by atoms with Gasteiger partial charge in [-0.05, 0) is 49.4 Å². The molecule has 0 radical (unpaired) electrons. The predicted octanol–water partition coefficient (Wildman–Crippen LogP) is 3.91. The number of rotatable bonds is 9. The number of hydrogen-bond donors (Lipinski definition) is 0. The fraction of sp³-hybridized carbons (Fsp3) is 0.793. The lowest BCUT2D eigenvalue weighted by Gasteiger charge is -2.63. The van der Waals surface area contributed by atoms with E-state index in [-0.39, 0.29) is 42.9 Å². The molecule has 0 N–H and O–H groups in total. The van der Waals surface area contributed by atoms with Crippen LogP contribution in [0.4, 0.5) is 0 Å². The van der Waals surface area contributed by atoms with E-state index >= 15 is 0 Å². The summed E-state index contributed by atoms with van der Waals surface area (Å²) in [5, 5.41) is 0.